The number of nitrogens with zero attached hydrogens (tertiary/aromatic N) is 1. The van der Waals surface area contributed by atoms with E-state index in [2.05, 4.69) is 34.0 Å². The van der Waals surface area contributed by atoms with Crippen molar-refractivity contribution in [3.63, 3.8) is 0 Å². The van der Waals surface area contributed by atoms with Crippen LogP contribution in [0.5, 0.6) is 0 Å². The second-order valence-corrected chi connectivity index (χ2v) is 6.60. The van der Waals surface area contributed by atoms with Gasteiger partial charge in [-0.05, 0) is 41.1 Å². The Kier molecular flexibility index (Phi) is 3.89. The van der Waals surface area contributed by atoms with E-state index < -0.39 is 0 Å². The maximum Gasteiger partial charge on any atom is 0.238 e. The Morgan fingerprint density at radius 1 is 1.32 bits per heavy atom. The molecule has 1 aromatic heterocycles. The number of hydrogen-bond donors (Lipinski definition) is 1. The number of hydrogen-bond acceptors (Lipinski definition) is 3. The molecule has 2 fully saturated rings. The Bertz CT molecular complexity index is 431. The zero-order valence-corrected chi connectivity index (χ0v) is 12.3. The first-order valence-electron chi connectivity index (χ1n) is 7.34. The minimum atomic E-state index is 0.101. The van der Waals surface area contributed by atoms with Gasteiger partial charge in [-0.25, -0.2) is 0 Å². The highest BCUT2D eigenvalue weighted by Crippen LogP contribution is 2.34. The highest BCUT2D eigenvalue weighted by atomic mass is 32.1. The van der Waals surface area contributed by atoms with Gasteiger partial charge in [0.2, 0.25) is 5.91 Å². The second kappa shape index (κ2) is 5.63. The van der Waals surface area contributed by atoms with Gasteiger partial charge in [-0.1, -0.05) is 26.2 Å². The van der Waals surface area contributed by atoms with Gasteiger partial charge in [-0.3, -0.25) is 10.1 Å². The molecule has 0 bridgehead atoms. The predicted molar refractivity (Wildman–Crippen MR) is 77.9 cm³/mol. The van der Waals surface area contributed by atoms with Crippen LogP contribution in [0.4, 0.5) is 0 Å². The van der Waals surface area contributed by atoms with Crippen molar-refractivity contribution in [1.29, 1.82) is 0 Å². The standard InChI is InChI=1S/C15H22N2OS/c1-11-5-3-2-4-6-13(11)17-14(18)9-16-15(17)12-7-8-19-10-12/h7-8,10-11,13,15-16H,2-6,9H2,1H3. The van der Waals surface area contributed by atoms with Crippen LogP contribution in [0.1, 0.15) is 50.8 Å². The van der Waals surface area contributed by atoms with E-state index in [1.807, 2.05) is 0 Å². The summed E-state index contributed by atoms with van der Waals surface area (Å²) in [4.78, 5) is 14.4. The van der Waals surface area contributed by atoms with E-state index in [9.17, 15) is 4.79 Å². The zero-order chi connectivity index (χ0) is 13.2. The van der Waals surface area contributed by atoms with Crippen molar-refractivity contribution in [3.05, 3.63) is 22.4 Å². The molecule has 19 heavy (non-hydrogen) atoms. The fraction of sp³-hybridized carbons (Fsp3) is 0.667. The van der Waals surface area contributed by atoms with Gasteiger partial charge in [-0.15, -0.1) is 0 Å². The van der Waals surface area contributed by atoms with E-state index in [-0.39, 0.29) is 12.1 Å². The Morgan fingerprint density at radius 2 is 2.16 bits per heavy atom. The summed E-state index contributed by atoms with van der Waals surface area (Å²) in [7, 11) is 0. The molecule has 1 aliphatic heterocycles. The maximum absolute atomic E-state index is 12.3. The van der Waals surface area contributed by atoms with Crippen LogP contribution < -0.4 is 5.32 Å². The molecule has 1 aromatic rings. The lowest BCUT2D eigenvalue weighted by Crippen LogP contribution is -2.42. The molecule has 0 aromatic carbocycles. The molecule has 1 aliphatic carbocycles. The van der Waals surface area contributed by atoms with E-state index in [1.54, 1.807) is 11.3 Å². The third-order valence-electron chi connectivity index (χ3n) is 4.55. The lowest BCUT2D eigenvalue weighted by atomic mass is 9.94. The highest BCUT2D eigenvalue weighted by molar-refractivity contribution is 7.07. The van der Waals surface area contributed by atoms with Crippen LogP contribution >= 0.6 is 11.3 Å². The van der Waals surface area contributed by atoms with Crippen molar-refractivity contribution >= 4 is 17.2 Å². The lowest BCUT2D eigenvalue weighted by molar-refractivity contribution is -0.131. The van der Waals surface area contributed by atoms with Gasteiger partial charge in [0.25, 0.3) is 0 Å². The van der Waals surface area contributed by atoms with E-state index in [4.69, 9.17) is 0 Å². The molecule has 1 N–H and O–H groups in total. The molecule has 3 rings (SSSR count). The zero-order valence-electron chi connectivity index (χ0n) is 11.5. The summed E-state index contributed by atoms with van der Waals surface area (Å²) in [5.41, 5.74) is 1.24. The molecule has 3 atom stereocenters. The molecule has 0 spiro atoms. The number of amides is 1. The number of carbonyl (C=O) groups excluding carboxylic acids is 1. The van der Waals surface area contributed by atoms with Gasteiger partial charge in [0.15, 0.2) is 0 Å². The summed E-state index contributed by atoms with van der Waals surface area (Å²) in [6, 6.07) is 2.55. The molecule has 1 saturated carbocycles. The first kappa shape index (κ1) is 13.1. The maximum atomic E-state index is 12.3. The largest absolute Gasteiger partial charge is 0.319 e. The molecular weight excluding hydrogens is 256 g/mol. The van der Waals surface area contributed by atoms with Crippen molar-refractivity contribution in [2.24, 2.45) is 5.92 Å². The summed E-state index contributed by atoms with van der Waals surface area (Å²) in [5.74, 6) is 0.891. The Hall–Kier alpha value is -0.870. The number of thiophene rings is 1. The van der Waals surface area contributed by atoms with E-state index in [0.717, 1.165) is 6.42 Å². The highest BCUT2D eigenvalue weighted by Gasteiger charge is 2.39. The Balaban J connectivity index is 1.84. The van der Waals surface area contributed by atoms with Gasteiger partial charge >= 0.3 is 0 Å². The summed E-state index contributed by atoms with van der Waals surface area (Å²) in [6.07, 6.45) is 6.41. The minimum Gasteiger partial charge on any atom is -0.319 e. The van der Waals surface area contributed by atoms with Crippen LogP contribution in [0.25, 0.3) is 0 Å². The van der Waals surface area contributed by atoms with Gasteiger partial charge in [0.1, 0.15) is 6.17 Å². The molecule has 4 heteroatoms. The van der Waals surface area contributed by atoms with Crippen molar-refractivity contribution < 1.29 is 4.79 Å². The third-order valence-corrected chi connectivity index (χ3v) is 5.25. The monoisotopic (exact) mass is 278 g/mol. The van der Waals surface area contributed by atoms with Crippen molar-refractivity contribution in [2.45, 2.75) is 51.2 Å². The average Bonchev–Trinajstić information content (AvgIpc) is 2.99. The normalized spacial score (nSPS) is 32.6. The quantitative estimate of drug-likeness (QED) is 0.843. The average molecular weight is 278 g/mol. The number of rotatable bonds is 2. The van der Waals surface area contributed by atoms with Crippen molar-refractivity contribution in [2.75, 3.05) is 6.54 Å². The second-order valence-electron chi connectivity index (χ2n) is 5.82. The van der Waals surface area contributed by atoms with Gasteiger partial charge in [0, 0.05) is 6.04 Å². The van der Waals surface area contributed by atoms with E-state index >= 15 is 0 Å². The summed E-state index contributed by atoms with van der Waals surface area (Å²) in [5, 5.41) is 7.63. The summed E-state index contributed by atoms with van der Waals surface area (Å²) < 4.78 is 0. The summed E-state index contributed by atoms with van der Waals surface area (Å²) in [6.45, 7) is 2.80. The Labute approximate surface area is 119 Å². The lowest BCUT2D eigenvalue weighted by Gasteiger charge is -2.35. The Morgan fingerprint density at radius 3 is 2.95 bits per heavy atom. The van der Waals surface area contributed by atoms with Crippen LogP contribution in [0.3, 0.4) is 0 Å². The van der Waals surface area contributed by atoms with Crippen LogP contribution in [-0.4, -0.2) is 23.4 Å². The molecular formula is C15H22N2OS. The van der Waals surface area contributed by atoms with E-state index in [0.29, 0.717) is 18.5 Å². The fourth-order valence-corrected chi connectivity index (χ4v) is 4.17. The molecule has 2 heterocycles. The first-order chi connectivity index (χ1) is 9.27. The fourth-order valence-electron chi connectivity index (χ4n) is 3.49. The number of carbonyl (C=O) groups is 1. The van der Waals surface area contributed by atoms with Crippen LogP contribution in [-0.2, 0) is 4.79 Å². The van der Waals surface area contributed by atoms with Crippen molar-refractivity contribution in [1.82, 2.24) is 10.2 Å². The first-order valence-corrected chi connectivity index (χ1v) is 8.28. The SMILES string of the molecule is CC1CCCCCC1N1C(=O)CNC1c1ccsc1. The summed E-state index contributed by atoms with van der Waals surface area (Å²) >= 11 is 1.70. The number of nitrogens with one attached hydrogen (secondary N) is 1. The molecule has 0 radical (unpaired) electrons. The predicted octanol–water partition coefficient (Wildman–Crippen LogP) is 3.15. The molecule has 1 amide bonds. The van der Waals surface area contributed by atoms with Crippen LogP contribution in [0, 0.1) is 5.92 Å². The topological polar surface area (TPSA) is 32.3 Å². The minimum absolute atomic E-state index is 0.101. The van der Waals surface area contributed by atoms with Crippen LogP contribution in [0.2, 0.25) is 0 Å². The molecule has 3 nitrogen and oxygen atoms in total. The molecule has 104 valence electrons. The van der Waals surface area contributed by atoms with Gasteiger partial charge in [0.05, 0.1) is 6.54 Å². The van der Waals surface area contributed by atoms with Crippen molar-refractivity contribution in [3.8, 4) is 0 Å². The van der Waals surface area contributed by atoms with Gasteiger partial charge < -0.3 is 4.90 Å². The van der Waals surface area contributed by atoms with Gasteiger partial charge in [-0.2, -0.15) is 11.3 Å². The molecule has 3 unspecified atom stereocenters. The third kappa shape index (κ3) is 2.56. The van der Waals surface area contributed by atoms with E-state index in [1.165, 1.54) is 31.2 Å². The van der Waals surface area contributed by atoms with Crippen LogP contribution in [0.15, 0.2) is 16.8 Å². The molecule has 1 saturated heterocycles. The molecule has 2 aliphatic rings. The smallest absolute Gasteiger partial charge is 0.238 e.